The van der Waals surface area contributed by atoms with Gasteiger partial charge in [-0.25, -0.2) is 4.98 Å². The van der Waals surface area contributed by atoms with Gasteiger partial charge < -0.3 is 4.74 Å². The van der Waals surface area contributed by atoms with Gasteiger partial charge in [-0.3, -0.25) is 4.99 Å². The number of aromatic nitrogens is 1. The summed E-state index contributed by atoms with van der Waals surface area (Å²) in [7, 11) is 1.61. The lowest BCUT2D eigenvalue weighted by atomic mass is 10.3. The predicted molar refractivity (Wildman–Crippen MR) is 58.1 cm³/mol. The molecule has 1 aliphatic heterocycles. The maximum absolute atomic E-state index is 4.86. The number of hydrogen-bond donors (Lipinski definition) is 0. The fourth-order valence-corrected chi connectivity index (χ4v) is 1.03. The van der Waals surface area contributed by atoms with E-state index in [-0.39, 0.29) is 0 Å². The Labute approximate surface area is 84.8 Å². The second kappa shape index (κ2) is 6.13. The van der Waals surface area contributed by atoms with Crippen LogP contribution in [0, 0.1) is 6.92 Å². The molecule has 0 fully saturated rings. The highest BCUT2D eigenvalue weighted by atomic mass is 16.5. The molecule has 1 aliphatic rings. The summed E-state index contributed by atoms with van der Waals surface area (Å²) in [6, 6.07) is 3.81. The smallest absolute Gasteiger partial charge is 0.212 e. The lowest BCUT2D eigenvalue weighted by Gasteiger charge is -1.95. The number of aliphatic imine (C=N–C) groups is 1. The molecule has 0 saturated heterocycles. The van der Waals surface area contributed by atoms with Crippen molar-refractivity contribution in [1.82, 2.24) is 4.98 Å². The van der Waals surface area contributed by atoms with Crippen molar-refractivity contribution in [3.05, 3.63) is 23.9 Å². The Hall–Kier alpha value is -1.38. The van der Waals surface area contributed by atoms with Crippen LogP contribution in [0.2, 0.25) is 0 Å². The summed E-state index contributed by atoms with van der Waals surface area (Å²) in [5.41, 5.74) is 1.15. The first-order valence-electron chi connectivity index (χ1n) is 4.78. The number of ether oxygens (including phenoxy) is 1. The number of rotatable bonds is 1. The van der Waals surface area contributed by atoms with Gasteiger partial charge in [0.1, 0.15) is 0 Å². The van der Waals surface area contributed by atoms with E-state index >= 15 is 0 Å². The van der Waals surface area contributed by atoms with Crippen LogP contribution in [0.4, 0.5) is 0 Å². The fourth-order valence-electron chi connectivity index (χ4n) is 1.03. The van der Waals surface area contributed by atoms with E-state index in [9.17, 15) is 0 Å². The Morgan fingerprint density at radius 2 is 2.21 bits per heavy atom. The van der Waals surface area contributed by atoms with E-state index in [0.29, 0.717) is 5.88 Å². The van der Waals surface area contributed by atoms with Crippen LogP contribution in [0.25, 0.3) is 0 Å². The molecule has 1 aromatic heterocycles. The second-order valence-electron chi connectivity index (χ2n) is 3.11. The van der Waals surface area contributed by atoms with Gasteiger partial charge in [0.25, 0.3) is 0 Å². The van der Waals surface area contributed by atoms with E-state index < -0.39 is 0 Å². The third kappa shape index (κ3) is 4.03. The Kier molecular flexibility index (Phi) is 4.69. The van der Waals surface area contributed by atoms with E-state index in [2.05, 4.69) is 9.98 Å². The summed E-state index contributed by atoms with van der Waals surface area (Å²) in [6.45, 7) is 3.06. The quantitative estimate of drug-likeness (QED) is 0.684. The summed E-state index contributed by atoms with van der Waals surface area (Å²) >= 11 is 0. The Balaban J connectivity index is 0.000000165. The molecule has 2 heterocycles. The van der Waals surface area contributed by atoms with Crippen molar-refractivity contribution < 1.29 is 4.74 Å². The highest BCUT2D eigenvalue weighted by Gasteiger charge is 1.87. The molecule has 0 radical (unpaired) electrons. The summed E-state index contributed by atoms with van der Waals surface area (Å²) < 4.78 is 4.86. The third-order valence-electron chi connectivity index (χ3n) is 1.84. The largest absolute Gasteiger partial charge is 0.481 e. The topological polar surface area (TPSA) is 34.5 Å². The minimum atomic E-state index is 0.667. The van der Waals surface area contributed by atoms with E-state index in [1.807, 2.05) is 25.3 Å². The molecule has 3 heteroatoms. The van der Waals surface area contributed by atoms with E-state index in [1.165, 1.54) is 12.8 Å². The predicted octanol–water partition coefficient (Wildman–Crippen LogP) is 2.25. The molecule has 0 amide bonds. The lowest BCUT2D eigenvalue weighted by molar-refractivity contribution is 0.397. The van der Waals surface area contributed by atoms with Crippen LogP contribution in [-0.4, -0.2) is 24.9 Å². The standard InChI is InChI=1S/C7H9NO.C4H7N/c1-6-3-4-7(9-2)8-5-6;1-2-4-5-3-1/h3-5H,1-2H3;3H,1-2,4H2. The average Bonchev–Trinajstić information content (AvgIpc) is 2.77. The average molecular weight is 192 g/mol. The van der Waals surface area contributed by atoms with Crippen LogP contribution in [0.1, 0.15) is 18.4 Å². The molecule has 2 rings (SSSR count). The van der Waals surface area contributed by atoms with Crippen LogP contribution in [0.3, 0.4) is 0 Å². The molecule has 1 aromatic rings. The maximum atomic E-state index is 4.86. The van der Waals surface area contributed by atoms with Gasteiger partial charge in [-0.05, 0) is 31.5 Å². The van der Waals surface area contributed by atoms with Gasteiger partial charge >= 0.3 is 0 Å². The molecule has 0 aliphatic carbocycles. The molecule has 14 heavy (non-hydrogen) atoms. The number of methoxy groups -OCH3 is 1. The number of aryl methyl sites for hydroxylation is 1. The van der Waals surface area contributed by atoms with Crippen LogP contribution in [0.15, 0.2) is 23.3 Å². The van der Waals surface area contributed by atoms with Gasteiger partial charge in [0, 0.05) is 18.8 Å². The first-order valence-corrected chi connectivity index (χ1v) is 4.78. The van der Waals surface area contributed by atoms with Gasteiger partial charge in [0.05, 0.1) is 7.11 Å². The molecular formula is C11H16N2O. The second-order valence-corrected chi connectivity index (χ2v) is 3.11. The van der Waals surface area contributed by atoms with E-state index in [0.717, 1.165) is 12.1 Å². The molecule has 0 saturated carbocycles. The normalized spacial score (nSPS) is 13.3. The third-order valence-corrected chi connectivity index (χ3v) is 1.84. The zero-order valence-corrected chi connectivity index (χ0v) is 8.73. The summed E-state index contributed by atoms with van der Waals surface area (Å²) in [5, 5.41) is 0. The van der Waals surface area contributed by atoms with E-state index in [1.54, 1.807) is 13.3 Å². The van der Waals surface area contributed by atoms with Crippen molar-refractivity contribution in [3.63, 3.8) is 0 Å². The zero-order valence-electron chi connectivity index (χ0n) is 8.73. The van der Waals surface area contributed by atoms with Crippen LogP contribution in [0.5, 0.6) is 5.88 Å². The van der Waals surface area contributed by atoms with E-state index in [4.69, 9.17) is 4.74 Å². The van der Waals surface area contributed by atoms with Gasteiger partial charge in [0.15, 0.2) is 0 Å². The molecule has 0 atom stereocenters. The first kappa shape index (κ1) is 10.7. The van der Waals surface area contributed by atoms with Crippen molar-refractivity contribution >= 4 is 6.21 Å². The minimum absolute atomic E-state index is 0.667. The number of hydrogen-bond acceptors (Lipinski definition) is 3. The lowest BCUT2D eigenvalue weighted by Crippen LogP contribution is -1.85. The van der Waals surface area contributed by atoms with Crippen molar-refractivity contribution in [2.45, 2.75) is 19.8 Å². The molecule has 3 nitrogen and oxygen atoms in total. The van der Waals surface area contributed by atoms with Crippen molar-refractivity contribution in [2.75, 3.05) is 13.7 Å². The number of nitrogens with zero attached hydrogens (tertiary/aromatic N) is 2. The monoisotopic (exact) mass is 192 g/mol. The van der Waals surface area contributed by atoms with Crippen molar-refractivity contribution in [2.24, 2.45) is 4.99 Å². The minimum Gasteiger partial charge on any atom is -0.481 e. The molecular weight excluding hydrogens is 176 g/mol. The summed E-state index contributed by atoms with van der Waals surface area (Å²) in [6.07, 6.45) is 6.25. The molecule has 0 unspecified atom stereocenters. The van der Waals surface area contributed by atoms with Gasteiger partial charge in [-0.1, -0.05) is 6.07 Å². The SMILES string of the molecule is C1=NCCC1.COc1ccc(C)cn1. The van der Waals surface area contributed by atoms with Crippen LogP contribution in [-0.2, 0) is 0 Å². The summed E-state index contributed by atoms with van der Waals surface area (Å²) in [4.78, 5) is 7.93. The molecule has 0 aromatic carbocycles. The fraction of sp³-hybridized carbons (Fsp3) is 0.455. The van der Waals surface area contributed by atoms with Gasteiger partial charge in [0.2, 0.25) is 5.88 Å². The first-order chi connectivity index (χ1) is 6.83. The van der Waals surface area contributed by atoms with Crippen molar-refractivity contribution in [3.8, 4) is 5.88 Å². The molecule has 0 bridgehead atoms. The van der Waals surface area contributed by atoms with Gasteiger partial charge in [-0.15, -0.1) is 0 Å². The highest BCUT2D eigenvalue weighted by Crippen LogP contribution is 2.04. The van der Waals surface area contributed by atoms with Gasteiger partial charge in [-0.2, -0.15) is 0 Å². The Bertz CT molecular complexity index is 274. The molecule has 76 valence electrons. The Morgan fingerprint density at radius 3 is 2.57 bits per heavy atom. The maximum Gasteiger partial charge on any atom is 0.212 e. The zero-order chi connectivity index (χ0) is 10.2. The summed E-state index contributed by atoms with van der Waals surface area (Å²) in [5.74, 6) is 0.667. The Morgan fingerprint density at radius 1 is 1.36 bits per heavy atom. The van der Waals surface area contributed by atoms with Crippen molar-refractivity contribution in [1.29, 1.82) is 0 Å². The van der Waals surface area contributed by atoms with Crippen LogP contribution < -0.4 is 4.74 Å². The highest BCUT2D eigenvalue weighted by molar-refractivity contribution is 5.58. The number of pyridine rings is 1. The molecule has 0 N–H and O–H groups in total. The van der Waals surface area contributed by atoms with Crippen LogP contribution >= 0.6 is 0 Å². The molecule has 0 spiro atoms.